The monoisotopic (exact) mass is 437 g/mol. The number of rotatable bonds is 4. The van der Waals surface area contributed by atoms with E-state index in [9.17, 15) is 18.3 Å². The van der Waals surface area contributed by atoms with E-state index < -0.39 is 17.3 Å². The van der Waals surface area contributed by atoms with Gasteiger partial charge in [-0.2, -0.15) is 13.2 Å². The summed E-state index contributed by atoms with van der Waals surface area (Å²) >= 11 is 5.88. The van der Waals surface area contributed by atoms with Crippen LogP contribution in [0.1, 0.15) is 41.0 Å². The van der Waals surface area contributed by atoms with Gasteiger partial charge in [-0.3, -0.25) is 0 Å². The zero-order valence-electron chi connectivity index (χ0n) is 16.4. The first-order chi connectivity index (χ1) is 14.2. The van der Waals surface area contributed by atoms with Gasteiger partial charge in [-0.15, -0.1) is 0 Å². The van der Waals surface area contributed by atoms with E-state index in [4.69, 9.17) is 16.3 Å². The Hall–Kier alpha value is -2.02. The lowest BCUT2D eigenvalue weighted by atomic mass is 9.88. The number of hydrogen-bond donors (Lipinski definition) is 1. The fourth-order valence-electron chi connectivity index (χ4n) is 4.12. The van der Waals surface area contributed by atoms with Crippen molar-refractivity contribution < 1.29 is 23.0 Å². The molecule has 2 aliphatic rings. The van der Waals surface area contributed by atoms with E-state index in [0.29, 0.717) is 13.2 Å². The molecule has 2 saturated heterocycles. The highest BCUT2D eigenvalue weighted by Crippen LogP contribution is 2.38. The Balaban J connectivity index is 1.38. The molecular formula is C23H23ClF3NO2. The van der Waals surface area contributed by atoms with Crippen LogP contribution in [0.5, 0.6) is 0 Å². The molecule has 30 heavy (non-hydrogen) atoms. The summed E-state index contributed by atoms with van der Waals surface area (Å²) in [5.41, 5.74) is 1.89. The third-order valence-electron chi connectivity index (χ3n) is 6.08. The zero-order chi connectivity index (χ0) is 21.5. The van der Waals surface area contributed by atoms with Crippen molar-refractivity contribution in [3.63, 3.8) is 0 Å². The molecule has 2 fully saturated rings. The van der Waals surface area contributed by atoms with E-state index in [2.05, 4.69) is 11.5 Å². The Labute approximate surface area is 178 Å². The highest BCUT2D eigenvalue weighted by Gasteiger charge is 2.38. The summed E-state index contributed by atoms with van der Waals surface area (Å²) in [6.45, 7) is 6.38. The Bertz CT molecular complexity index is 930. The molecule has 160 valence electrons. The van der Waals surface area contributed by atoms with Gasteiger partial charge in [0.05, 0.1) is 23.8 Å². The molecule has 0 aliphatic carbocycles. The Morgan fingerprint density at radius 2 is 1.73 bits per heavy atom. The predicted molar refractivity (Wildman–Crippen MR) is 110 cm³/mol. The lowest BCUT2D eigenvalue weighted by Gasteiger charge is -2.37. The molecule has 0 spiro atoms. The minimum absolute atomic E-state index is 0.170. The second-order valence-corrected chi connectivity index (χ2v) is 8.45. The van der Waals surface area contributed by atoms with E-state index in [1.807, 2.05) is 24.3 Å². The number of alkyl halides is 3. The third-order valence-corrected chi connectivity index (χ3v) is 6.40. The SMILES string of the molecule is C=C(c1ccc(C2(O)COC2)cc1)N1CCC(c2ccc(C(F)(F)F)c(Cl)c2)CC1. The van der Waals surface area contributed by atoms with Gasteiger partial charge in [0.25, 0.3) is 0 Å². The molecule has 0 saturated carbocycles. The summed E-state index contributed by atoms with van der Waals surface area (Å²) in [7, 11) is 0. The molecule has 7 heteroatoms. The topological polar surface area (TPSA) is 32.7 Å². The summed E-state index contributed by atoms with van der Waals surface area (Å²) < 4.78 is 43.9. The van der Waals surface area contributed by atoms with Gasteiger partial charge in [-0.1, -0.05) is 48.5 Å². The smallest absolute Gasteiger partial charge is 0.380 e. The van der Waals surface area contributed by atoms with Crippen molar-refractivity contribution in [1.29, 1.82) is 0 Å². The van der Waals surface area contributed by atoms with Crippen molar-refractivity contribution in [3.8, 4) is 0 Å². The molecule has 1 N–H and O–H groups in total. The lowest BCUT2D eigenvalue weighted by molar-refractivity contribution is -0.184. The van der Waals surface area contributed by atoms with E-state index in [0.717, 1.165) is 54.4 Å². The summed E-state index contributed by atoms with van der Waals surface area (Å²) in [4.78, 5) is 2.19. The van der Waals surface area contributed by atoms with Gasteiger partial charge in [-0.05, 0) is 47.6 Å². The average molecular weight is 438 g/mol. The van der Waals surface area contributed by atoms with E-state index >= 15 is 0 Å². The standard InChI is InChI=1S/C23H23ClF3NO2/c1-15(16-2-5-19(6-3-16)22(29)13-30-14-22)28-10-8-17(9-11-28)18-4-7-20(21(24)12-18)23(25,26)27/h2-7,12,17,29H,1,8-11,13-14H2. The fourth-order valence-corrected chi connectivity index (χ4v) is 4.41. The number of benzene rings is 2. The quantitative estimate of drug-likeness (QED) is 0.692. The molecule has 2 aliphatic heterocycles. The molecule has 4 rings (SSSR count). The van der Waals surface area contributed by atoms with Crippen molar-refractivity contribution in [2.24, 2.45) is 0 Å². The molecule has 3 nitrogen and oxygen atoms in total. The molecule has 0 radical (unpaired) electrons. The molecule has 2 heterocycles. The molecular weight excluding hydrogens is 415 g/mol. The lowest BCUT2D eigenvalue weighted by Crippen LogP contribution is -2.46. The van der Waals surface area contributed by atoms with Gasteiger partial charge in [0, 0.05) is 18.8 Å². The van der Waals surface area contributed by atoms with Crippen LogP contribution in [0.15, 0.2) is 49.0 Å². The molecule has 0 atom stereocenters. The van der Waals surface area contributed by atoms with Crippen molar-refractivity contribution in [2.45, 2.75) is 30.5 Å². The normalized spacial score (nSPS) is 19.4. The molecule has 0 bridgehead atoms. The number of hydrogen-bond acceptors (Lipinski definition) is 3. The van der Waals surface area contributed by atoms with Crippen LogP contribution in [0.25, 0.3) is 5.70 Å². The first-order valence-electron chi connectivity index (χ1n) is 9.89. The largest absolute Gasteiger partial charge is 0.417 e. The summed E-state index contributed by atoms with van der Waals surface area (Å²) in [6.07, 6.45) is -2.81. The van der Waals surface area contributed by atoms with Gasteiger partial charge >= 0.3 is 6.18 Å². The maximum atomic E-state index is 12.9. The van der Waals surface area contributed by atoms with Crippen LogP contribution in [-0.4, -0.2) is 36.3 Å². The minimum atomic E-state index is -4.44. The van der Waals surface area contributed by atoms with E-state index in [1.54, 1.807) is 0 Å². The number of likely N-dealkylation sites (tertiary alicyclic amines) is 1. The second kappa shape index (κ2) is 7.91. The summed E-state index contributed by atoms with van der Waals surface area (Å²) in [5, 5.41) is 10.1. The van der Waals surface area contributed by atoms with Crippen LogP contribution in [0, 0.1) is 0 Å². The summed E-state index contributed by atoms with van der Waals surface area (Å²) in [5.74, 6) is 0.170. The predicted octanol–water partition coefficient (Wildman–Crippen LogP) is 5.43. The molecule has 0 amide bonds. The van der Waals surface area contributed by atoms with Crippen LogP contribution in [0.3, 0.4) is 0 Å². The van der Waals surface area contributed by atoms with Crippen LogP contribution < -0.4 is 0 Å². The molecule has 2 aromatic rings. The van der Waals surface area contributed by atoms with Crippen LogP contribution >= 0.6 is 11.6 Å². The maximum absolute atomic E-state index is 12.9. The van der Waals surface area contributed by atoms with E-state index in [-0.39, 0.29) is 10.9 Å². The average Bonchev–Trinajstić information content (AvgIpc) is 2.71. The first-order valence-corrected chi connectivity index (χ1v) is 10.3. The van der Waals surface area contributed by atoms with Crippen molar-refractivity contribution in [1.82, 2.24) is 4.90 Å². The Morgan fingerprint density at radius 3 is 2.23 bits per heavy atom. The van der Waals surface area contributed by atoms with Crippen LogP contribution in [-0.2, 0) is 16.5 Å². The zero-order valence-corrected chi connectivity index (χ0v) is 17.1. The molecule has 0 aromatic heterocycles. The number of ether oxygens (including phenoxy) is 1. The number of piperidine rings is 1. The molecule has 0 unspecified atom stereocenters. The van der Waals surface area contributed by atoms with Gasteiger partial charge in [0.2, 0.25) is 0 Å². The van der Waals surface area contributed by atoms with Crippen molar-refractivity contribution >= 4 is 17.3 Å². The summed E-state index contributed by atoms with van der Waals surface area (Å²) in [6, 6.07) is 11.8. The van der Waals surface area contributed by atoms with Gasteiger partial charge in [0.1, 0.15) is 5.60 Å². The van der Waals surface area contributed by atoms with Crippen molar-refractivity contribution in [3.05, 3.63) is 76.3 Å². The van der Waals surface area contributed by atoms with Gasteiger partial charge < -0.3 is 14.7 Å². The number of aliphatic hydroxyl groups is 1. The highest BCUT2D eigenvalue weighted by atomic mass is 35.5. The maximum Gasteiger partial charge on any atom is 0.417 e. The first kappa shape index (κ1) is 21.2. The Kier molecular flexibility index (Phi) is 5.60. The fraction of sp³-hybridized carbons (Fsp3) is 0.391. The van der Waals surface area contributed by atoms with Gasteiger partial charge in [0.15, 0.2) is 0 Å². The Morgan fingerprint density at radius 1 is 1.10 bits per heavy atom. The van der Waals surface area contributed by atoms with Crippen LogP contribution in [0.2, 0.25) is 5.02 Å². The third kappa shape index (κ3) is 4.09. The number of halogens is 4. The molecule has 2 aromatic carbocycles. The highest BCUT2D eigenvalue weighted by molar-refractivity contribution is 6.31. The minimum Gasteiger partial charge on any atom is -0.380 e. The second-order valence-electron chi connectivity index (χ2n) is 8.05. The van der Waals surface area contributed by atoms with Crippen LogP contribution in [0.4, 0.5) is 13.2 Å². The van der Waals surface area contributed by atoms with Crippen molar-refractivity contribution in [2.75, 3.05) is 26.3 Å². The number of nitrogens with zero attached hydrogens (tertiary/aromatic N) is 1. The van der Waals surface area contributed by atoms with E-state index in [1.165, 1.54) is 12.1 Å². The van der Waals surface area contributed by atoms with Gasteiger partial charge in [-0.25, -0.2) is 0 Å².